The smallest absolute Gasteiger partial charge is 0.254 e. The number of phenolic OH excluding ortho intramolecular Hbond substituents is 1. The van der Waals surface area contributed by atoms with E-state index in [1.165, 1.54) is 30.4 Å². The molecule has 3 heterocycles. The van der Waals surface area contributed by atoms with Gasteiger partial charge in [-0.1, -0.05) is 50.5 Å². The summed E-state index contributed by atoms with van der Waals surface area (Å²) in [6.45, 7) is 2.98. The molecule has 0 aromatic heterocycles. The lowest BCUT2D eigenvalue weighted by Gasteiger charge is -2.64. The molecule has 0 spiro atoms. The fourth-order valence-electron chi connectivity index (χ4n) is 15.7. The van der Waals surface area contributed by atoms with Gasteiger partial charge in [0, 0.05) is 69.5 Å². The number of imide groups is 1. The Kier molecular flexibility index (Phi) is 12.0. The van der Waals surface area contributed by atoms with Gasteiger partial charge >= 0.3 is 0 Å². The van der Waals surface area contributed by atoms with Crippen LogP contribution in [0.1, 0.15) is 134 Å². The molecule has 6 N–H and O–H groups in total. The average Bonchev–Trinajstić information content (AvgIpc) is 3.75. The molecule has 14 nitrogen and oxygen atoms in total. The lowest BCUT2D eigenvalue weighted by atomic mass is 9.42. The third kappa shape index (κ3) is 7.09. The highest BCUT2D eigenvalue weighted by atomic mass is 16.5. The molecule has 380 valence electrons. The van der Waals surface area contributed by atoms with Crippen LogP contribution in [0, 0.1) is 23.7 Å². The van der Waals surface area contributed by atoms with Crippen molar-refractivity contribution in [2.75, 3.05) is 52.6 Å². The molecule has 5 aliphatic carbocycles. The fourth-order valence-corrected chi connectivity index (χ4v) is 15.7. The maximum absolute atomic E-state index is 13.7. The number of hydrogen-bond donors (Lipinski definition) is 6. The number of carbonyl (C=O) groups is 2. The highest BCUT2D eigenvalue weighted by Gasteiger charge is 2.63. The second-order valence-electron chi connectivity index (χ2n) is 21.7. The summed E-state index contributed by atoms with van der Waals surface area (Å²) in [7, 11) is 3.13. The van der Waals surface area contributed by atoms with Gasteiger partial charge in [0.2, 0.25) is 5.75 Å². The molecule has 3 aliphatic heterocycles. The first-order chi connectivity index (χ1) is 35.0. The Morgan fingerprint density at radius 2 is 1.64 bits per heavy atom. The quantitative estimate of drug-likeness (QED) is 0.0403. The molecule has 4 aromatic rings. The Morgan fingerprint density at radius 3 is 2.40 bits per heavy atom. The highest BCUT2D eigenvalue weighted by molar-refractivity contribution is 6.13. The third-order valence-electron chi connectivity index (χ3n) is 18.7. The zero-order valence-electron chi connectivity index (χ0n) is 41.5. The van der Waals surface area contributed by atoms with Crippen molar-refractivity contribution >= 4 is 17.5 Å². The molecule has 0 unspecified atom stereocenters. The second kappa shape index (κ2) is 18.3. The van der Waals surface area contributed by atoms with E-state index in [1.807, 2.05) is 19.1 Å². The summed E-state index contributed by atoms with van der Waals surface area (Å²) in [4.78, 5) is 29.0. The molecule has 0 saturated heterocycles. The highest BCUT2D eigenvalue weighted by Crippen LogP contribution is 2.67. The fraction of sp³-hybridized carbons (Fsp3) is 0.517. The molecule has 14 heteroatoms. The van der Waals surface area contributed by atoms with Crippen molar-refractivity contribution in [3.05, 3.63) is 99.6 Å². The van der Waals surface area contributed by atoms with Crippen molar-refractivity contribution in [2.45, 2.75) is 119 Å². The van der Waals surface area contributed by atoms with Crippen molar-refractivity contribution in [3.63, 3.8) is 0 Å². The van der Waals surface area contributed by atoms with Crippen molar-refractivity contribution in [3.8, 4) is 45.6 Å². The van der Waals surface area contributed by atoms with E-state index in [0.717, 1.165) is 80.0 Å². The molecule has 0 radical (unpaired) electrons. The lowest BCUT2D eigenvalue weighted by molar-refractivity contribution is -0.154. The minimum atomic E-state index is -1.06. The number of hydrogen-bond acceptors (Lipinski definition) is 13. The number of aliphatic hydroxyl groups excluding tert-OH is 3. The molecule has 72 heavy (non-hydrogen) atoms. The third-order valence-corrected chi connectivity index (χ3v) is 18.7. The zero-order chi connectivity index (χ0) is 49.6. The van der Waals surface area contributed by atoms with Crippen LogP contribution in [-0.2, 0) is 27.8 Å². The number of fused-ring (bicyclic) bond motifs is 6. The van der Waals surface area contributed by atoms with E-state index in [1.54, 1.807) is 24.1 Å². The van der Waals surface area contributed by atoms with Gasteiger partial charge < -0.3 is 49.4 Å². The normalized spacial score (nSPS) is 28.5. The zero-order valence-corrected chi connectivity index (χ0v) is 41.5. The van der Waals surface area contributed by atoms with Crippen LogP contribution in [0.2, 0.25) is 0 Å². The Bertz CT molecular complexity index is 2840. The van der Waals surface area contributed by atoms with Crippen LogP contribution in [0.5, 0.6) is 34.5 Å². The van der Waals surface area contributed by atoms with Gasteiger partial charge in [0.15, 0.2) is 17.7 Å². The summed E-state index contributed by atoms with van der Waals surface area (Å²) in [6, 6.07) is 15.9. The molecule has 3 saturated carbocycles. The van der Waals surface area contributed by atoms with Gasteiger partial charge in [0.1, 0.15) is 24.0 Å². The Morgan fingerprint density at radius 1 is 0.875 bits per heavy atom. The van der Waals surface area contributed by atoms with E-state index < -0.39 is 35.1 Å². The van der Waals surface area contributed by atoms with Gasteiger partial charge in [-0.15, -0.1) is 0 Å². The summed E-state index contributed by atoms with van der Waals surface area (Å²) in [5.41, 5.74) is 7.63. The van der Waals surface area contributed by atoms with E-state index in [4.69, 9.17) is 23.7 Å². The Balaban J connectivity index is 0.898. The summed E-state index contributed by atoms with van der Waals surface area (Å²) < 4.78 is 31.3. The van der Waals surface area contributed by atoms with E-state index in [9.17, 15) is 30.0 Å². The van der Waals surface area contributed by atoms with Gasteiger partial charge in [0.25, 0.3) is 11.8 Å². The minimum Gasteiger partial charge on any atom is -0.502 e. The molecular formula is C58H67N3O11. The number of anilines is 1. The molecule has 3 fully saturated rings. The molecule has 9 atom stereocenters. The Hall–Kier alpha value is -5.80. The number of aromatic hydroxyl groups is 1. The van der Waals surface area contributed by atoms with Crippen LogP contribution in [-0.4, -0.2) is 90.0 Å². The number of carbonyl (C=O) groups excluding carboxylic acids is 2. The van der Waals surface area contributed by atoms with Crippen LogP contribution >= 0.6 is 0 Å². The number of methoxy groups -OCH3 is 2. The predicted octanol–water partition coefficient (Wildman–Crippen LogP) is 8.22. The first-order valence-corrected chi connectivity index (χ1v) is 26.4. The molecule has 2 bridgehead atoms. The van der Waals surface area contributed by atoms with E-state index in [2.05, 4.69) is 34.9 Å². The van der Waals surface area contributed by atoms with Crippen LogP contribution < -0.4 is 34.3 Å². The van der Waals surface area contributed by atoms with Crippen molar-refractivity contribution < 1.29 is 53.7 Å². The molecule has 8 aliphatic rings. The second-order valence-corrected chi connectivity index (χ2v) is 21.7. The summed E-state index contributed by atoms with van der Waals surface area (Å²) in [6.07, 6.45) is 11.3. The van der Waals surface area contributed by atoms with Gasteiger partial charge in [-0.2, -0.15) is 0 Å². The van der Waals surface area contributed by atoms with Crippen molar-refractivity contribution in [2.24, 2.45) is 23.7 Å². The number of aliphatic hydroxyl groups is 3. The van der Waals surface area contributed by atoms with E-state index in [0.29, 0.717) is 77.3 Å². The standard InChI is InChI=1S/C58H67N3O11/c1-4-59-30-72-45-25-43(68-2)37-14-15-38-50-42(60-56(67)53(45)52(37)50)24-44-51(38)54(65)39(29-71-44)33-22-46(69-3)55(66)47(23-33)70-28-35(27-62)58-26-34(57(18-8-5-9-19-57)61-48(63)16-17-49(61)64)20-32-13-12-31(21-41(32)58)36-10-6-7-11-40(36)58/h6-7,10-11,16-17,22-25,31-32,34-35,39,41,54,56,59-60,62,65-67H,4-5,8-9,12-15,18-21,26-30H2,1-3H3/t31-,32-,34-,35+,39+,41-,54+,56-,58+/m1/s1. The van der Waals surface area contributed by atoms with Gasteiger partial charge in [-0.05, 0) is 122 Å². The summed E-state index contributed by atoms with van der Waals surface area (Å²) in [5, 5.41) is 54.4. The van der Waals surface area contributed by atoms with Crippen LogP contribution in [0.25, 0.3) is 11.1 Å². The maximum atomic E-state index is 13.7. The number of phenols is 1. The average molecular weight is 982 g/mol. The number of nitrogens with one attached hydrogen (secondary N) is 2. The van der Waals surface area contributed by atoms with E-state index >= 15 is 0 Å². The number of benzene rings is 4. The monoisotopic (exact) mass is 981 g/mol. The number of nitrogens with zero attached hydrogens (tertiary/aromatic N) is 1. The number of ether oxygens (including phenoxy) is 5. The van der Waals surface area contributed by atoms with Gasteiger partial charge in [-0.25, -0.2) is 0 Å². The molecule has 2 amide bonds. The lowest BCUT2D eigenvalue weighted by Crippen LogP contribution is -2.64. The SMILES string of the molecule is CCNCOc1cc(OC)c2c3c1[C@@H](O)Nc1cc4c(c(c1-3)CC2)[C@@H](O)[C@H](c1cc(OC)c(O)c(OC[C@H](CO)[C@]23C[C@H](C5(N6C(=O)C=CC6=O)CCCCC5)C[C@H]5CC[C@H](C[C@H]52)c2ccccc23)c1)CO4. The predicted molar refractivity (Wildman–Crippen MR) is 269 cm³/mol. The van der Waals surface area contributed by atoms with Crippen LogP contribution in [0.15, 0.2) is 60.7 Å². The number of amides is 2. The van der Waals surface area contributed by atoms with Gasteiger partial charge in [-0.3, -0.25) is 19.8 Å². The van der Waals surface area contributed by atoms with Crippen LogP contribution in [0.3, 0.4) is 0 Å². The number of rotatable bonds is 14. The largest absolute Gasteiger partial charge is 0.502 e. The first kappa shape index (κ1) is 47.2. The molecule has 12 rings (SSSR count). The first-order valence-electron chi connectivity index (χ1n) is 26.4. The van der Waals surface area contributed by atoms with E-state index in [-0.39, 0.29) is 67.5 Å². The van der Waals surface area contributed by atoms with Crippen molar-refractivity contribution in [1.82, 2.24) is 10.2 Å². The summed E-state index contributed by atoms with van der Waals surface area (Å²) in [5.74, 6) is 1.48. The Labute approximate surface area is 420 Å². The molecular weight excluding hydrogens is 915 g/mol. The molecule has 4 aromatic carbocycles. The van der Waals surface area contributed by atoms with Gasteiger partial charge in [0.05, 0.1) is 51.2 Å². The van der Waals surface area contributed by atoms with Crippen LogP contribution in [0.4, 0.5) is 5.69 Å². The maximum Gasteiger partial charge on any atom is 0.254 e. The van der Waals surface area contributed by atoms with Crippen molar-refractivity contribution in [1.29, 1.82) is 0 Å². The summed E-state index contributed by atoms with van der Waals surface area (Å²) >= 11 is 0. The topological polar surface area (TPSA) is 189 Å². The minimum absolute atomic E-state index is 0.0216.